The molecular weight excluding hydrogens is 623 g/mol. The maximum absolute atomic E-state index is 6.53. The Morgan fingerprint density at radius 1 is 0.686 bits per heavy atom. The zero-order valence-electron chi connectivity index (χ0n) is 29.0. The van der Waals surface area contributed by atoms with E-state index >= 15 is 0 Å². The summed E-state index contributed by atoms with van der Waals surface area (Å²) < 4.78 is 8.96. The second-order valence-corrected chi connectivity index (χ2v) is 14.2. The SMILES string of the molecule is C/C=C(\C=C(/C)c1nc(-c2ccc3c(c2)C(C)(C)c2cccc4c5oc6ccccc6c5n-3c24)c2ccccc2n1)c1cccc2ccccc12. The first-order valence-corrected chi connectivity index (χ1v) is 17.6. The lowest BCUT2D eigenvalue weighted by molar-refractivity contribution is 0.630. The first-order chi connectivity index (χ1) is 24.9. The normalized spacial score (nSPS) is 14.3. The summed E-state index contributed by atoms with van der Waals surface area (Å²) in [6, 6.07) is 45.3. The number of fused-ring (bicyclic) bond motifs is 9. The van der Waals surface area contributed by atoms with E-state index in [0.717, 1.165) is 66.6 Å². The van der Waals surface area contributed by atoms with Crippen LogP contribution in [0.3, 0.4) is 0 Å². The Morgan fingerprint density at radius 3 is 2.27 bits per heavy atom. The number of benzene rings is 6. The fraction of sp³-hybridized carbons (Fsp3) is 0.106. The van der Waals surface area contributed by atoms with E-state index in [0.29, 0.717) is 0 Å². The number of rotatable bonds is 4. The second-order valence-electron chi connectivity index (χ2n) is 14.2. The molecule has 0 fully saturated rings. The second kappa shape index (κ2) is 10.9. The van der Waals surface area contributed by atoms with Gasteiger partial charge in [-0.25, -0.2) is 9.97 Å². The first-order valence-electron chi connectivity index (χ1n) is 17.6. The van der Waals surface area contributed by atoms with E-state index in [4.69, 9.17) is 14.4 Å². The maximum Gasteiger partial charge on any atom is 0.161 e. The first kappa shape index (κ1) is 29.6. The zero-order valence-corrected chi connectivity index (χ0v) is 29.0. The van der Waals surface area contributed by atoms with E-state index in [1.54, 1.807) is 0 Å². The minimum atomic E-state index is -0.257. The molecule has 4 nitrogen and oxygen atoms in total. The third kappa shape index (κ3) is 4.26. The van der Waals surface area contributed by atoms with E-state index in [9.17, 15) is 0 Å². The largest absolute Gasteiger partial charge is 0.454 e. The number of para-hydroxylation sites is 3. The van der Waals surface area contributed by atoms with Gasteiger partial charge in [0.15, 0.2) is 11.4 Å². The molecule has 0 N–H and O–H groups in total. The van der Waals surface area contributed by atoms with Crippen molar-refractivity contribution in [2.24, 2.45) is 0 Å². The third-order valence-electron chi connectivity index (χ3n) is 10.9. The molecule has 0 aliphatic carbocycles. The van der Waals surface area contributed by atoms with Crippen molar-refractivity contribution in [1.29, 1.82) is 0 Å². The molecule has 0 unspecified atom stereocenters. The minimum Gasteiger partial charge on any atom is -0.454 e. The predicted octanol–water partition coefficient (Wildman–Crippen LogP) is 12.4. The van der Waals surface area contributed by atoms with Crippen molar-refractivity contribution >= 4 is 65.8 Å². The summed E-state index contributed by atoms with van der Waals surface area (Å²) in [4.78, 5) is 10.4. The summed E-state index contributed by atoms with van der Waals surface area (Å²) >= 11 is 0. The Kier molecular flexibility index (Phi) is 6.32. The Bertz CT molecular complexity index is 2960. The van der Waals surface area contributed by atoms with Crippen molar-refractivity contribution in [1.82, 2.24) is 14.5 Å². The topological polar surface area (TPSA) is 43.9 Å². The van der Waals surface area contributed by atoms with Gasteiger partial charge < -0.3 is 8.98 Å². The third-order valence-corrected chi connectivity index (χ3v) is 10.9. The lowest BCUT2D eigenvalue weighted by Crippen LogP contribution is -2.26. The van der Waals surface area contributed by atoms with Crippen LogP contribution in [0.5, 0.6) is 0 Å². The van der Waals surface area contributed by atoms with Gasteiger partial charge in [-0.2, -0.15) is 0 Å². The van der Waals surface area contributed by atoms with Gasteiger partial charge in [-0.3, -0.25) is 0 Å². The average molecular weight is 658 g/mol. The molecule has 3 aromatic heterocycles. The van der Waals surface area contributed by atoms with Crippen LogP contribution in [0.2, 0.25) is 0 Å². The molecule has 0 saturated carbocycles. The summed E-state index contributed by atoms with van der Waals surface area (Å²) in [5, 5.41) is 5.78. The van der Waals surface area contributed by atoms with Crippen LogP contribution in [0, 0.1) is 0 Å². The Morgan fingerprint density at radius 2 is 1.41 bits per heavy atom. The van der Waals surface area contributed by atoms with E-state index in [1.165, 1.54) is 38.7 Å². The van der Waals surface area contributed by atoms with Gasteiger partial charge in [-0.15, -0.1) is 0 Å². The van der Waals surface area contributed by atoms with Crippen molar-refractivity contribution < 1.29 is 4.42 Å². The molecule has 1 aliphatic heterocycles. The number of furan rings is 1. The number of hydrogen-bond donors (Lipinski definition) is 0. The number of aromatic nitrogens is 3. The van der Waals surface area contributed by atoms with E-state index in [-0.39, 0.29) is 5.41 Å². The molecule has 0 bridgehead atoms. The minimum absolute atomic E-state index is 0.257. The Hall–Kier alpha value is -6.26. The predicted molar refractivity (Wildman–Crippen MR) is 212 cm³/mol. The van der Waals surface area contributed by atoms with Gasteiger partial charge in [0.1, 0.15) is 11.1 Å². The summed E-state index contributed by atoms with van der Waals surface area (Å²) in [5.41, 5.74) is 14.0. The van der Waals surface area contributed by atoms with Gasteiger partial charge in [-0.05, 0) is 94.9 Å². The monoisotopic (exact) mass is 657 g/mol. The van der Waals surface area contributed by atoms with Crippen LogP contribution in [0.15, 0.2) is 144 Å². The standard InChI is InChI=1S/C47H35N3O/c1-5-29(32-19-12-15-30-14-6-7-16-33(30)32)26-28(2)46-48-39-22-10-8-17-34(39)42(49-46)31-24-25-40-38(27-31)47(3,4)37-21-13-20-36-43(37)50(40)44-35-18-9-11-23-41(35)51-45(36)44/h5-27H,1-4H3/b28-26+,29-5+. The van der Waals surface area contributed by atoms with E-state index < -0.39 is 0 Å². The van der Waals surface area contributed by atoms with E-state index in [2.05, 4.69) is 166 Å². The van der Waals surface area contributed by atoms with Crippen LogP contribution in [-0.4, -0.2) is 14.5 Å². The highest BCUT2D eigenvalue weighted by Gasteiger charge is 2.36. The molecule has 0 amide bonds. The summed E-state index contributed by atoms with van der Waals surface area (Å²) in [6.07, 6.45) is 4.40. The smallest absolute Gasteiger partial charge is 0.161 e. The van der Waals surface area contributed by atoms with Crippen LogP contribution in [0.4, 0.5) is 0 Å². The molecular formula is C47H35N3O. The van der Waals surface area contributed by atoms with Gasteiger partial charge in [0, 0.05) is 27.1 Å². The highest BCUT2D eigenvalue weighted by molar-refractivity contribution is 6.18. The number of hydrogen-bond acceptors (Lipinski definition) is 3. The van der Waals surface area contributed by atoms with E-state index in [1.807, 2.05) is 6.07 Å². The van der Waals surface area contributed by atoms with Crippen molar-refractivity contribution in [3.05, 3.63) is 162 Å². The molecule has 6 aromatic carbocycles. The van der Waals surface area contributed by atoms with Crippen LogP contribution in [-0.2, 0) is 5.41 Å². The number of nitrogens with zero attached hydrogens (tertiary/aromatic N) is 3. The highest BCUT2D eigenvalue weighted by atomic mass is 16.3. The van der Waals surface area contributed by atoms with Crippen molar-refractivity contribution in [3.8, 4) is 16.9 Å². The van der Waals surface area contributed by atoms with Crippen LogP contribution >= 0.6 is 0 Å². The van der Waals surface area contributed by atoms with Crippen molar-refractivity contribution in [2.75, 3.05) is 0 Å². The van der Waals surface area contributed by atoms with Crippen LogP contribution in [0.1, 0.15) is 50.2 Å². The molecule has 9 aromatic rings. The van der Waals surface area contributed by atoms with Gasteiger partial charge >= 0.3 is 0 Å². The fourth-order valence-corrected chi connectivity index (χ4v) is 8.35. The molecule has 4 heteroatoms. The Labute approximate surface area is 296 Å². The molecule has 244 valence electrons. The molecule has 10 rings (SSSR count). The molecule has 0 spiro atoms. The quantitative estimate of drug-likeness (QED) is 0.177. The lowest BCUT2D eigenvalue weighted by atomic mass is 9.74. The molecule has 0 atom stereocenters. The molecule has 0 saturated heterocycles. The summed E-state index contributed by atoms with van der Waals surface area (Å²) in [5.74, 6) is 0.726. The zero-order chi connectivity index (χ0) is 34.4. The van der Waals surface area contributed by atoms with Crippen LogP contribution in [0.25, 0.3) is 82.7 Å². The molecule has 4 heterocycles. The van der Waals surface area contributed by atoms with Crippen molar-refractivity contribution in [3.63, 3.8) is 0 Å². The highest BCUT2D eigenvalue weighted by Crippen LogP contribution is 2.50. The van der Waals surface area contributed by atoms with Gasteiger partial charge in [0.2, 0.25) is 0 Å². The molecule has 1 aliphatic rings. The fourth-order valence-electron chi connectivity index (χ4n) is 8.35. The summed E-state index contributed by atoms with van der Waals surface area (Å²) in [6.45, 7) is 8.89. The van der Waals surface area contributed by atoms with Gasteiger partial charge in [0.05, 0.1) is 22.4 Å². The van der Waals surface area contributed by atoms with Gasteiger partial charge in [0.25, 0.3) is 0 Å². The molecule has 0 radical (unpaired) electrons. The molecule has 51 heavy (non-hydrogen) atoms. The van der Waals surface area contributed by atoms with Crippen molar-refractivity contribution in [2.45, 2.75) is 33.1 Å². The Balaban J connectivity index is 1.17. The lowest BCUT2D eigenvalue weighted by Gasteiger charge is -2.35. The maximum atomic E-state index is 6.53. The average Bonchev–Trinajstić information content (AvgIpc) is 3.70. The van der Waals surface area contributed by atoms with Crippen LogP contribution < -0.4 is 0 Å². The number of allylic oxidation sites excluding steroid dienone is 4. The van der Waals surface area contributed by atoms with Gasteiger partial charge in [-0.1, -0.05) is 111 Å². The summed E-state index contributed by atoms with van der Waals surface area (Å²) in [7, 11) is 0.